The summed E-state index contributed by atoms with van der Waals surface area (Å²) in [6.45, 7) is 6.44. The summed E-state index contributed by atoms with van der Waals surface area (Å²) in [5.41, 5.74) is -0.298. The van der Waals surface area contributed by atoms with Gasteiger partial charge in [0.1, 0.15) is 11.4 Å². The number of nitrogens with zero attached hydrogens (tertiary/aromatic N) is 2. The first-order valence-corrected chi connectivity index (χ1v) is 7.90. The zero-order valence-corrected chi connectivity index (χ0v) is 18.3. The second kappa shape index (κ2) is 8.96. The second-order valence-electron chi connectivity index (χ2n) is 6.61. The van der Waals surface area contributed by atoms with Crippen LogP contribution < -0.4 is 61.4 Å². The maximum absolute atomic E-state index is 12.0. The molecule has 1 aromatic heterocycles. The molecule has 126 valence electrons. The van der Waals surface area contributed by atoms with Crippen LogP contribution in [-0.2, 0) is 9.53 Å². The minimum absolute atomic E-state index is 0. The fourth-order valence-corrected chi connectivity index (χ4v) is 2.72. The SMILES string of the molecule is CC(C)(C)OC(=O)c1cnc(N2CCC(C(=O)[O-])CC2)c(Cl)c1.[K+]. The van der Waals surface area contributed by atoms with Crippen molar-refractivity contribution in [2.45, 2.75) is 39.2 Å². The maximum atomic E-state index is 12.0. The molecule has 0 amide bonds. The van der Waals surface area contributed by atoms with Crippen LogP contribution in [0.4, 0.5) is 5.82 Å². The Morgan fingerprint density at radius 2 is 1.92 bits per heavy atom. The number of ether oxygens (including phenoxy) is 1. The summed E-state index contributed by atoms with van der Waals surface area (Å²) in [5, 5.41) is 11.2. The Bertz CT molecular complexity index is 611. The van der Waals surface area contributed by atoms with Gasteiger partial charge in [0.15, 0.2) is 0 Å². The molecule has 24 heavy (non-hydrogen) atoms. The minimum atomic E-state index is -1.01. The van der Waals surface area contributed by atoms with Gasteiger partial charge in [-0.15, -0.1) is 0 Å². The van der Waals surface area contributed by atoms with Crippen molar-refractivity contribution in [2.24, 2.45) is 5.92 Å². The molecule has 2 rings (SSSR count). The van der Waals surface area contributed by atoms with Crippen molar-refractivity contribution in [3.05, 3.63) is 22.8 Å². The van der Waals surface area contributed by atoms with Crippen LogP contribution in [0.15, 0.2) is 12.3 Å². The van der Waals surface area contributed by atoms with Crippen LogP contribution in [0.2, 0.25) is 5.02 Å². The molecule has 0 spiro atoms. The van der Waals surface area contributed by atoms with Crippen LogP contribution in [-0.4, -0.2) is 35.6 Å². The second-order valence-corrected chi connectivity index (χ2v) is 7.02. The summed E-state index contributed by atoms with van der Waals surface area (Å²) in [6.07, 6.45) is 2.42. The number of esters is 1. The predicted octanol–water partition coefficient (Wildman–Crippen LogP) is -1.34. The standard InChI is InChI=1S/C16H21ClN2O4.K/c1-16(2,3)23-15(22)11-8-12(17)13(18-9-11)19-6-4-10(5-7-19)14(20)21;/h8-10H,4-7H2,1-3H3,(H,20,21);/q;+1/p-1. The molecule has 1 aromatic rings. The summed E-state index contributed by atoms with van der Waals surface area (Å²) in [6, 6.07) is 1.53. The Labute approximate surface area is 189 Å². The molecule has 0 aromatic carbocycles. The first-order chi connectivity index (χ1) is 10.7. The van der Waals surface area contributed by atoms with Gasteiger partial charge in [-0.3, -0.25) is 0 Å². The summed E-state index contributed by atoms with van der Waals surface area (Å²) in [5.74, 6) is -1.36. The largest absolute Gasteiger partial charge is 1.00 e. The zero-order chi connectivity index (χ0) is 17.2. The molecule has 1 saturated heterocycles. The van der Waals surface area contributed by atoms with Crippen molar-refractivity contribution in [3.63, 3.8) is 0 Å². The number of pyridine rings is 1. The van der Waals surface area contributed by atoms with Gasteiger partial charge in [-0.2, -0.15) is 0 Å². The first kappa shape index (κ1) is 21.9. The first-order valence-electron chi connectivity index (χ1n) is 7.52. The topological polar surface area (TPSA) is 82.6 Å². The molecule has 0 bridgehead atoms. The number of piperidine rings is 1. The van der Waals surface area contributed by atoms with Crippen LogP contribution in [0.5, 0.6) is 0 Å². The third-order valence-electron chi connectivity index (χ3n) is 3.58. The van der Waals surface area contributed by atoms with Crippen molar-refractivity contribution < 1.29 is 70.8 Å². The van der Waals surface area contributed by atoms with Gasteiger partial charge in [0, 0.05) is 31.2 Å². The number of carboxylic acids is 1. The van der Waals surface area contributed by atoms with Crippen LogP contribution in [0, 0.1) is 5.92 Å². The Hall–Kier alpha value is -0.184. The molecule has 0 N–H and O–H groups in total. The molecule has 2 heterocycles. The van der Waals surface area contributed by atoms with E-state index in [-0.39, 0.29) is 51.4 Å². The van der Waals surface area contributed by atoms with E-state index < -0.39 is 23.5 Å². The van der Waals surface area contributed by atoms with Crippen LogP contribution in [0.3, 0.4) is 0 Å². The summed E-state index contributed by atoms with van der Waals surface area (Å²) in [4.78, 5) is 29.1. The molecular weight excluding hydrogens is 359 g/mol. The summed E-state index contributed by atoms with van der Waals surface area (Å²) >= 11 is 6.24. The van der Waals surface area contributed by atoms with E-state index in [4.69, 9.17) is 16.3 Å². The fraction of sp³-hybridized carbons (Fsp3) is 0.562. The molecular formula is C16H20ClKN2O4. The molecule has 0 radical (unpaired) electrons. The number of carbonyl (C=O) groups excluding carboxylic acids is 2. The minimum Gasteiger partial charge on any atom is -0.550 e. The average Bonchev–Trinajstić information content (AvgIpc) is 2.45. The van der Waals surface area contributed by atoms with Crippen molar-refractivity contribution in [1.82, 2.24) is 4.98 Å². The number of aliphatic carboxylic acids is 1. The van der Waals surface area contributed by atoms with Crippen molar-refractivity contribution in [2.75, 3.05) is 18.0 Å². The zero-order valence-electron chi connectivity index (χ0n) is 14.5. The van der Waals surface area contributed by atoms with Gasteiger partial charge in [0.05, 0.1) is 10.6 Å². The normalized spacial score (nSPS) is 15.6. The van der Waals surface area contributed by atoms with E-state index in [2.05, 4.69) is 4.98 Å². The van der Waals surface area contributed by atoms with Gasteiger partial charge < -0.3 is 19.5 Å². The number of rotatable bonds is 3. The van der Waals surface area contributed by atoms with Crippen molar-refractivity contribution in [1.29, 1.82) is 0 Å². The Kier molecular flexibility index (Phi) is 8.16. The number of anilines is 1. The molecule has 1 fully saturated rings. The monoisotopic (exact) mass is 378 g/mol. The van der Waals surface area contributed by atoms with E-state index >= 15 is 0 Å². The Morgan fingerprint density at radius 1 is 1.33 bits per heavy atom. The van der Waals surface area contributed by atoms with Gasteiger partial charge in [-0.1, -0.05) is 11.6 Å². The van der Waals surface area contributed by atoms with E-state index in [1.807, 2.05) is 4.90 Å². The number of hydrogen-bond donors (Lipinski definition) is 0. The molecule has 0 unspecified atom stereocenters. The third-order valence-corrected chi connectivity index (χ3v) is 3.86. The van der Waals surface area contributed by atoms with Crippen LogP contribution >= 0.6 is 11.6 Å². The van der Waals surface area contributed by atoms with Crippen molar-refractivity contribution in [3.8, 4) is 0 Å². The van der Waals surface area contributed by atoms with Crippen molar-refractivity contribution >= 4 is 29.4 Å². The summed E-state index contributed by atoms with van der Waals surface area (Å²) in [7, 11) is 0. The number of halogens is 1. The van der Waals surface area contributed by atoms with E-state index in [0.717, 1.165) is 0 Å². The number of aromatic nitrogens is 1. The maximum Gasteiger partial charge on any atom is 1.00 e. The predicted molar refractivity (Wildman–Crippen MR) is 84.4 cm³/mol. The molecule has 6 nitrogen and oxygen atoms in total. The van der Waals surface area contributed by atoms with E-state index in [0.29, 0.717) is 42.3 Å². The molecule has 8 heteroatoms. The van der Waals surface area contributed by atoms with Gasteiger partial charge in [0.2, 0.25) is 0 Å². The molecule has 0 saturated carbocycles. The number of hydrogen-bond acceptors (Lipinski definition) is 6. The van der Waals surface area contributed by atoms with Gasteiger partial charge in [-0.05, 0) is 39.7 Å². The molecule has 1 aliphatic rings. The smallest absolute Gasteiger partial charge is 0.550 e. The quantitative estimate of drug-likeness (QED) is 0.478. The molecule has 0 atom stereocenters. The number of carbonyl (C=O) groups is 2. The molecule has 0 aliphatic carbocycles. The van der Waals surface area contributed by atoms with E-state index in [1.54, 1.807) is 20.8 Å². The van der Waals surface area contributed by atoms with Gasteiger partial charge in [-0.25, -0.2) is 9.78 Å². The Balaban J connectivity index is 0.00000288. The number of carboxylic acid groups (broad SMARTS) is 1. The third kappa shape index (κ3) is 5.96. The molecule has 1 aliphatic heterocycles. The van der Waals surface area contributed by atoms with E-state index in [9.17, 15) is 14.7 Å². The summed E-state index contributed by atoms with van der Waals surface area (Å²) < 4.78 is 5.28. The van der Waals surface area contributed by atoms with Crippen LogP contribution in [0.1, 0.15) is 44.0 Å². The average molecular weight is 379 g/mol. The van der Waals surface area contributed by atoms with Gasteiger partial charge >= 0.3 is 57.4 Å². The Morgan fingerprint density at radius 3 is 2.38 bits per heavy atom. The fourth-order valence-electron chi connectivity index (χ4n) is 2.44. The van der Waals surface area contributed by atoms with E-state index in [1.165, 1.54) is 12.3 Å². The van der Waals surface area contributed by atoms with Gasteiger partial charge in [0.25, 0.3) is 0 Å². The van der Waals surface area contributed by atoms with Crippen LogP contribution in [0.25, 0.3) is 0 Å².